The van der Waals surface area contributed by atoms with Gasteiger partial charge in [0.25, 0.3) is 0 Å². The standard InChI is InChI=1S/C34H24N7O2.Cu/c1-38-17-22(31-33(38)39(2)19-35-31)24-15-16-27-32(36-24)41(26-12-6-5-11-25(26)40(27)3)34-37-30-21(10-8-14-29(30)43-34)23-18-42-28-13-7-4-9-20(23)28;/h4-17,19H,1-3H3;/q-1;+1. The summed E-state index contributed by atoms with van der Waals surface area (Å²) in [7, 11) is 6.08. The Bertz CT molecular complexity index is 2380. The molecule has 0 saturated heterocycles. The predicted molar refractivity (Wildman–Crippen MR) is 167 cm³/mol. The monoisotopic (exact) mass is 625 g/mol. The zero-order valence-electron chi connectivity index (χ0n) is 23.9. The molecule has 0 spiro atoms. The van der Waals surface area contributed by atoms with Crippen LogP contribution in [0.3, 0.4) is 0 Å². The molecule has 9 nitrogen and oxygen atoms in total. The molecule has 0 saturated carbocycles. The molecule has 10 heteroatoms. The largest absolute Gasteiger partial charge is 1.00 e. The predicted octanol–water partition coefficient (Wildman–Crippen LogP) is 7.88. The summed E-state index contributed by atoms with van der Waals surface area (Å²) in [5.41, 5.74) is 10.5. The molecule has 1 aliphatic heterocycles. The molecule has 6 heterocycles. The number of para-hydroxylation sites is 4. The third-order valence-electron chi connectivity index (χ3n) is 8.29. The van der Waals surface area contributed by atoms with Gasteiger partial charge in [0.1, 0.15) is 16.7 Å². The fourth-order valence-electron chi connectivity index (χ4n) is 6.28. The van der Waals surface area contributed by atoms with Crippen molar-refractivity contribution in [2.75, 3.05) is 16.8 Å². The van der Waals surface area contributed by atoms with Crippen LogP contribution in [0.1, 0.15) is 0 Å². The second-order valence-corrected chi connectivity index (χ2v) is 10.8. The van der Waals surface area contributed by atoms with E-state index in [2.05, 4.69) is 58.2 Å². The van der Waals surface area contributed by atoms with Gasteiger partial charge in [0, 0.05) is 44.7 Å². The van der Waals surface area contributed by atoms with Gasteiger partial charge < -0.3 is 22.9 Å². The number of nitrogens with zero attached hydrogens (tertiary/aromatic N) is 7. The Balaban J connectivity index is 0.00000289. The van der Waals surface area contributed by atoms with E-state index < -0.39 is 0 Å². The van der Waals surface area contributed by atoms with Gasteiger partial charge in [-0.1, -0.05) is 53.4 Å². The van der Waals surface area contributed by atoms with Gasteiger partial charge in [-0.2, -0.15) is 0 Å². The smallest absolute Gasteiger partial charge is 0.557 e. The van der Waals surface area contributed by atoms with E-state index in [-0.39, 0.29) is 17.1 Å². The first kappa shape index (κ1) is 26.3. The number of aromatic nitrogens is 5. The third kappa shape index (κ3) is 3.62. The molecule has 5 aromatic heterocycles. The zero-order chi connectivity index (χ0) is 28.8. The Kier molecular flexibility index (Phi) is 5.75. The van der Waals surface area contributed by atoms with Crippen LogP contribution in [0.25, 0.3) is 55.6 Å². The number of hydrogen-bond acceptors (Lipinski definition) is 7. The van der Waals surface area contributed by atoms with Gasteiger partial charge in [-0.15, -0.1) is 11.6 Å². The Labute approximate surface area is 262 Å². The second kappa shape index (κ2) is 9.60. The number of fused-ring (bicyclic) bond motifs is 5. The van der Waals surface area contributed by atoms with E-state index in [0.717, 1.165) is 72.9 Å². The summed E-state index contributed by atoms with van der Waals surface area (Å²) >= 11 is 0. The number of furan rings is 1. The minimum absolute atomic E-state index is 0. The van der Waals surface area contributed by atoms with Crippen LogP contribution < -0.4 is 9.80 Å². The molecule has 0 radical (unpaired) electrons. The van der Waals surface area contributed by atoms with E-state index in [1.807, 2.05) is 84.5 Å². The summed E-state index contributed by atoms with van der Waals surface area (Å²) in [4.78, 5) is 19.2. The van der Waals surface area contributed by atoms with E-state index in [1.54, 1.807) is 0 Å². The quantitative estimate of drug-likeness (QED) is 0.146. The molecular weight excluding hydrogens is 602 g/mol. The first-order valence-electron chi connectivity index (χ1n) is 14.0. The number of anilines is 5. The Morgan fingerprint density at radius 3 is 2.39 bits per heavy atom. The molecule has 8 aromatic rings. The van der Waals surface area contributed by atoms with Crippen molar-refractivity contribution in [1.29, 1.82) is 0 Å². The van der Waals surface area contributed by atoms with Crippen LogP contribution in [0.4, 0.5) is 28.9 Å². The van der Waals surface area contributed by atoms with Crippen LogP contribution in [-0.4, -0.2) is 31.1 Å². The number of imidazole rings is 1. The van der Waals surface area contributed by atoms with E-state index in [9.17, 15) is 0 Å². The van der Waals surface area contributed by atoms with Gasteiger partial charge in [0.05, 0.1) is 34.6 Å². The van der Waals surface area contributed by atoms with Crippen molar-refractivity contribution in [2.45, 2.75) is 0 Å². The number of aryl methyl sites for hydroxylation is 2. The van der Waals surface area contributed by atoms with Gasteiger partial charge in [0.15, 0.2) is 5.82 Å². The summed E-state index contributed by atoms with van der Waals surface area (Å²) in [6.45, 7) is 0. The summed E-state index contributed by atoms with van der Waals surface area (Å²) in [5, 5.41) is 0.977. The maximum absolute atomic E-state index is 6.52. The fraction of sp³-hybridized carbons (Fsp3) is 0.0882. The molecule has 9 rings (SSSR count). The fourth-order valence-corrected chi connectivity index (χ4v) is 6.28. The van der Waals surface area contributed by atoms with Crippen LogP contribution in [0, 0.1) is 6.26 Å². The maximum atomic E-state index is 6.52. The van der Waals surface area contributed by atoms with E-state index in [4.69, 9.17) is 18.8 Å². The van der Waals surface area contributed by atoms with E-state index >= 15 is 0 Å². The Morgan fingerprint density at radius 2 is 1.50 bits per heavy atom. The normalized spacial score (nSPS) is 12.6. The van der Waals surface area contributed by atoms with Crippen LogP contribution >= 0.6 is 0 Å². The minimum Gasteiger partial charge on any atom is -0.557 e. The molecule has 0 fully saturated rings. The van der Waals surface area contributed by atoms with Crippen molar-refractivity contribution in [1.82, 2.24) is 24.1 Å². The van der Waals surface area contributed by atoms with Gasteiger partial charge in [-0.25, -0.2) is 19.9 Å². The molecule has 0 amide bonds. The van der Waals surface area contributed by atoms with Gasteiger partial charge in [-0.05, 0) is 30.3 Å². The topological polar surface area (TPSA) is 81.3 Å². The Morgan fingerprint density at radius 1 is 0.705 bits per heavy atom. The summed E-state index contributed by atoms with van der Waals surface area (Å²) < 4.78 is 16.4. The molecule has 218 valence electrons. The van der Waals surface area contributed by atoms with Crippen molar-refractivity contribution >= 4 is 62.1 Å². The number of hydrogen-bond donors (Lipinski definition) is 0. The van der Waals surface area contributed by atoms with Crippen molar-refractivity contribution < 1.29 is 25.9 Å². The molecule has 0 bridgehead atoms. The number of oxazole rings is 1. The summed E-state index contributed by atoms with van der Waals surface area (Å²) in [6, 6.07) is 26.6. The van der Waals surface area contributed by atoms with Crippen molar-refractivity contribution in [3.8, 4) is 22.4 Å². The first-order chi connectivity index (χ1) is 21.1. The van der Waals surface area contributed by atoms with Crippen LogP contribution in [0.2, 0.25) is 0 Å². The van der Waals surface area contributed by atoms with Crippen molar-refractivity contribution in [3.63, 3.8) is 0 Å². The van der Waals surface area contributed by atoms with Crippen molar-refractivity contribution in [2.24, 2.45) is 14.1 Å². The molecular formula is C34H24CuN7O2. The number of pyridine rings is 1. The van der Waals surface area contributed by atoms with E-state index in [1.165, 1.54) is 0 Å². The van der Waals surface area contributed by atoms with Gasteiger partial charge in [0.2, 0.25) is 0 Å². The second-order valence-electron chi connectivity index (χ2n) is 10.8. The van der Waals surface area contributed by atoms with Gasteiger partial charge in [-0.3, -0.25) is 0 Å². The summed E-state index contributed by atoms with van der Waals surface area (Å²) in [5.74, 6) is 0.722. The van der Waals surface area contributed by atoms with E-state index in [0.29, 0.717) is 11.6 Å². The SMILES string of the molecule is CN1c2ccccc2N(c2nc3c(-c4[c-]oc5ccccc45)cccc3o2)c2nc(-c3cn(C)c4c3ncn4C)ccc21.[Cu+]. The Hall–Kier alpha value is -5.31. The zero-order valence-corrected chi connectivity index (χ0v) is 24.9. The molecule has 0 aliphatic carbocycles. The number of benzene rings is 3. The molecule has 44 heavy (non-hydrogen) atoms. The number of rotatable bonds is 3. The molecule has 0 atom stereocenters. The van der Waals surface area contributed by atoms with Crippen LogP contribution in [0.15, 0.2) is 100 Å². The first-order valence-corrected chi connectivity index (χ1v) is 14.0. The third-order valence-corrected chi connectivity index (χ3v) is 8.29. The molecule has 3 aromatic carbocycles. The van der Waals surface area contributed by atoms with Gasteiger partial charge >= 0.3 is 23.1 Å². The summed E-state index contributed by atoms with van der Waals surface area (Å²) in [6.07, 6.45) is 7.00. The van der Waals surface area contributed by atoms with Crippen LogP contribution in [0.5, 0.6) is 0 Å². The molecule has 0 unspecified atom stereocenters. The average Bonchev–Trinajstić information content (AvgIpc) is 3.81. The minimum atomic E-state index is 0. The molecule has 1 aliphatic rings. The molecule has 0 N–H and O–H groups in total. The van der Waals surface area contributed by atoms with Crippen LogP contribution in [-0.2, 0) is 31.2 Å². The maximum Gasteiger partial charge on any atom is 1.00 e. The average molecular weight is 626 g/mol. The van der Waals surface area contributed by atoms with Crippen molar-refractivity contribution in [3.05, 3.63) is 97.7 Å².